The Hall–Kier alpha value is -2.52. The van der Waals surface area contributed by atoms with Crippen LogP contribution in [-0.2, 0) is 22.5 Å². The number of fused-ring (bicyclic) bond motifs is 1. The first-order valence-corrected chi connectivity index (χ1v) is 8.47. The Bertz CT molecular complexity index is 795. The van der Waals surface area contributed by atoms with Crippen LogP contribution < -0.4 is 10.6 Å². The number of para-hydroxylation sites is 1. The fourth-order valence-electron chi connectivity index (χ4n) is 2.53. The number of thiazole rings is 1. The maximum atomic E-state index is 13.6. The van der Waals surface area contributed by atoms with Gasteiger partial charge in [-0.1, -0.05) is 23.5 Å². The third-order valence-electron chi connectivity index (χ3n) is 3.72. The molecule has 0 aliphatic carbocycles. The van der Waals surface area contributed by atoms with Crippen LogP contribution in [0.15, 0.2) is 24.3 Å². The first-order valence-electron chi connectivity index (χ1n) is 7.65. The number of amides is 2. The molecule has 0 saturated heterocycles. The molecule has 2 heterocycles. The van der Waals surface area contributed by atoms with Crippen molar-refractivity contribution in [1.29, 1.82) is 0 Å². The Balaban J connectivity index is 1.58. The van der Waals surface area contributed by atoms with Crippen LogP contribution in [0.2, 0.25) is 0 Å². The summed E-state index contributed by atoms with van der Waals surface area (Å²) in [5.41, 5.74) is 1.09. The highest BCUT2D eigenvalue weighted by atomic mass is 32.1. The standard InChI is InChI=1S/C16H17FN4O3S/c1-24-16(23)20-15-19-12-6-7-21(8-13(12)25-15)9-14(22)18-11-5-3-2-4-10(11)17/h2-5H,6-9H2,1H3,(H,18,22)(H,19,20,23). The van der Waals surface area contributed by atoms with Crippen molar-refractivity contribution >= 4 is 34.2 Å². The minimum Gasteiger partial charge on any atom is -0.453 e. The third-order valence-corrected chi connectivity index (χ3v) is 4.72. The number of rotatable bonds is 4. The molecule has 2 aromatic rings. The molecule has 2 N–H and O–H groups in total. The van der Waals surface area contributed by atoms with E-state index in [0.29, 0.717) is 24.6 Å². The molecule has 0 fully saturated rings. The van der Waals surface area contributed by atoms with E-state index in [1.165, 1.54) is 30.6 Å². The molecule has 1 aromatic heterocycles. The number of ether oxygens (including phenoxy) is 1. The van der Waals surface area contributed by atoms with Crippen molar-refractivity contribution in [1.82, 2.24) is 9.88 Å². The van der Waals surface area contributed by atoms with Gasteiger partial charge in [0.2, 0.25) is 5.91 Å². The molecule has 0 saturated carbocycles. The van der Waals surface area contributed by atoms with Gasteiger partial charge in [0.25, 0.3) is 0 Å². The van der Waals surface area contributed by atoms with Crippen LogP contribution in [0.3, 0.4) is 0 Å². The van der Waals surface area contributed by atoms with E-state index in [9.17, 15) is 14.0 Å². The van der Waals surface area contributed by atoms with E-state index in [0.717, 1.165) is 10.6 Å². The highest BCUT2D eigenvalue weighted by Gasteiger charge is 2.23. The van der Waals surface area contributed by atoms with Crippen molar-refractivity contribution in [3.05, 3.63) is 40.7 Å². The van der Waals surface area contributed by atoms with E-state index in [-0.39, 0.29) is 18.1 Å². The zero-order chi connectivity index (χ0) is 17.8. The summed E-state index contributed by atoms with van der Waals surface area (Å²) in [4.78, 5) is 30.7. The number of aromatic nitrogens is 1. The van der Waals surface area contributed by atoms with E-state index in [2.05, 4.69) is 20.4 Å². The summed E-state index contributed by atoms with van der Waals surface area (Å²) in [6.45, 7) is 1.38. The Kier molecular flexibility index (Phi) is 5.25. The molecule has 7 nitrogen and oxygen atoms in total. The molecule has 1 aliphatic rings. The number of carbonyl (C=O) groups excluding carboxylic acids is 2. The maximum Gasteiger partial charge on any atom is 0.413 e. The first-order chi connectivity index (χ1) is 12.0. The molecule has 0 atom stereocenters. The number of hydrogen-bond donors (Lipinski definition) is 2. The number of nitrogens with one attached hydrogen (secondary N) is 2. The molecule has 0 bridgehead atoms. The van der Waals surface area contributed by atoms with E-state index in [4.69, 9.17) is 0 Å². The van der Waals surface area contributed by atoms with Gasteiger partial charge in [0.15, 0.2) is 5.13 Å². The number of hydrogen-bond acceptors (Lipinski definition) is 6. The molecule has 1 aliphatic heterocycles. The Morgan fingerprint density at radius 3 is 2.92 bits per heavy atom. The van der Waals surface area contributed by atoms with E-state index in [1.807, 2.05) is 4.90 Å². The predicted octanol–water partition coefficient (Wildman–Crippen LogP) is 2.46. The zero-order valence-corrected chi connectivity index (χ0v) is 14.4. The smallest absolute Gasteiger partial charge is 0.413 e. The summed E-state index contributed by atoms with van der Waals surface area (Å²) < 4.78 is 18.1. The van der Waals surface area contributed by atoms with E-state index < -0.39 is 11.9 Å². The quantitative estimate of drug-likeness (QED) is 0.871. The van der Waals surface area contributed by atoms with Crippen LogP contribution in [-0.4, -0.2) is 42.1 Å². The molecule has 3 rings (SSSR count). The normalized spacial score (nSPS) is 13.8. The fourth-order valence-corrected chi connectivity index (χ4v) is 3.57. The lowest BCUT2D eigenvalue weighted by Crippen LogP contribution is -2.36. The number of nitrogens with zero attached hydrogens (tertiary/aromatic N) is 2. The highest BCUT2D eigenvalue weighted by Crippen LogP contribution is 2.28. The van der Waals surface area contributed by atoms with Crippen LogP contribution in [0, 0.1) is 5.82 Å². The van der Waals surface area contributed by atoms with Gasteiger partial charge in [-0.15, -0.1) is 0 Å². The molecule has 0 unspecified atom stereocenters. The molecule has 2 amide bonds. The van der Waals surface area contributed by atoms with Gasteiger partial charge in [0.1, 0.15) is 5.82 Å². The number of halogens is 1. The van der Waals surface area contributed by atoms with Crippen molar-refractivity contribution in [2.75, 3.05) is 30.8 Å². The second-order valence-corrected chi connectivity index (χ2v) is 6.58. The van der Waals surface area contributed by atoms with E-state index in [1.54, 1.807) is 12.1 Å². The van der Waals surface area contributed by atoms with Gasteiger partial charge in [0, 0.05) is 24.4 Å². The predicted molar refractivity (Wildman–Crippen MR) is 92.2 cm³/mol. The lowest BCUT2D eigenvalue weighted by atomic mass is 10.2. The molecule has 9 heteroatoms. The average molecular weight is 364 g/mol. The van der Waals surface area contributed by atoms with Gasteiger partial charge in [-0.3, -0.25) is 15.0 Å². The second kappa shape index (κ2) is 7.58. The van der Waals surface area contributed by atoms with Crippen LogP contribution >= 0.6 is 11.3 Å². The minimum absolute atomic E-state index is 0.158. The molecular formula is C16H17FN4O3S. The summed E-state index contributed by atoms with van der Waals surface area (Å²) in [7, 11) is 1.29. The largest absolute Gasteiger partial charge is 0.453 e. The van der Waals surface area contributed by atoms with Gasteiger partial charge in [-0.25, -0.2) is 14.2 Å². The number of carbonyl (C=O) groups is 2. The highest BCUT2D eigenvalue weighted by molar-refractivity contribution is 7.15. The van der Waals surface area contributed by atoms with Crippen LogP contribution in [0.1, 0.15) is 10.6 Å². The second-order valence-electron chi connectivity index (χ2n) is 5.49. The Morgan fingerprint density at radius 2 is 2.16 bits per heavy atom. The maximum absolute atomic E-state index is 13.6. The molecule has 132 valence electrons. The van der Waals surface area contributed by atoms with Gasteiger partial charge in [0.05, 0.1) is 25.0 Å². The van der Waals surface area contributed by atoms with Crippen molar-refractivity contribution in [3.8, 4) is 0 Å². The van der Waals surface area contributed by atoms with Crippen molar-refractivity contribution in [2.24, 2.45) is 0 Å². The number of benzene rings is 1. The number of methoxy groups -OCH3 is 1. The molecular weight excluding hydrogens is 347 g/mol. The Morgan fingerprint density at radius 1 is 1.36 bits per heavy atom. The summed E-state index contributed by atoms with van der Waals surface area (Å²) in [6, 6.07) is 6.06. The van der Waals surface area contributed by atoms with Crippen LogP contribution in [0.5, 0.6) is 0 Å². The SMILES string of the molecule is COC(=O)Nc1nc2c(s1)CN(CC(=O)Nc1ccccc1F)CC2. The molecule has 0 radical (unpaired) electrons. The van der Waals surface area contributed by atoms with Gasteiger partial charge < -0.3 is 10.1 Å². The van der Waals surface area contributed by atoms with Crippen molar-refractivity contribution in [3.63, 3.8) is 0 Å². The third kappa shape index (κ3) is 4.31. The van der Waals surface area contributed by atoms with Crippen LogP contribution in [0.25, 0.3) is 0 Å². The number of anilines is 2. The lowest BCUT2D eigenvalue weighted by molar-refractivity contribution is -0.117. The summed E-state index contributed by atoms with van der Waals surface area (Å²) in [6.07, 6.45) is 0.119. The van der Waals surface area contributed by atoms with Crippen molar-refractivity contribution < 1.29 is 18.7 Å². The monoisotopic (exact) mass is 364 g/mol. The van der Waals surface area contributed by atoms with Crippen LogP contribution in [0.4, 0.5) is 20.0 Å². The fraction of sp³-hybridized carbons (Fsp3) is 0.312. The first kappa shape index (κ1) is 17.3. The minimum atomic E-state index is -0.563. The van der Waals surface area contributed by atoms with Crippen molar-refractivity contribution in [2.45, 2.75) is 13.0 Å². The molecule has 25 heavy (non-hydrogen) atoms. The summed E-state index contributed by atoms with van der Waals surface area (Å²) in [5, 5.41) is 5.61. The van der Waals surface area contributed by atoms with Gasteiger partial charge in [-0.05, 0) is 12.1 Å². The van der Waals surface area contributed by atoms with E-state index >= 15 is 0 Å². The van der Waals surface area contributed by atoms with Gasteiger partial charge in [-0.2, -0.15) is 0 Å². The average Bonchev–Trinajstić information content (AvgIpc) is 2.98. The van der Waals surface area contributed by atoms with Gasteiger partial charge >= 0.3 is 6.09 Å². The Labute approximate surface area is 147 Å². The molecule has 0 spiro atoms. The molecule has 1 aromatic carbocycles. The zero-order valence-electron chi connectivity index (χ0n) is 13.5. The summed E-state index contributed by atoms with van der Waals surface area (Å²) in [5.74, 6) is -0.733. The topological polar surface area (TPSA) is 83.6 Å². The lowest BCUT2D eigenvalue weighted by Gasteiger charge is -2.25. The summed E-state index contributed by atoms with van der Waals surface area (Å²) >= 11 is 1.36.